The standard InChI is InChI=1S/C20H28N8O/c1-15-25-26-18(28(15)4)12-22-19(21-10-16-8-6-5-7-9-16)23-14-20(2,29)17-11-24-27(3)13-17/h5-9,11,13,29H,10,12,14H2,1-4H3,(H2,21,22,23). The van der Waals surface area contributed by atoms with Crippen molar-refractivity contribution in [1.29, 1.82) is 0 Å². The minimum absolute atomic E-state index is 0.275. The van der Waals surface area contributed by atoms with Crippen LogP contribution in [-0.2, 0) is 32.8 Å². The zero-order valence-corrected chi connectivity index (χ0v) is 17.3. The Balaban J connectivity index is 1.70. The number of aliphatic imine (C=N–C) groups is 1. The third kappa shape index (κ3) is 5.41. The van der Waals surface area contributed by atoms with Gasteiger partial charge in [0.25, 0.3) is 0 Å². The van der Waals surface area contributed by atoms with Gasteiger partial charge in [-0.05, 0) is 19.4 Å². The van der Waals surface area contributed by atoms with Crippen molar-refractivity contribution in [2.24, 2.45) is 19.1 Å². The maximum atomic E-state index is 10.8. The fraction of sp³-hybridized carbons (Fsp3) is 0.400. The van der Waals surface area contributed by atoms with Gasteiger partial charge in [0.1, 0.15) is 11.4 Å². The smallest absolute Gasteiger partial charge is 0.192 e. The van der Waals surface area contributed by atoms with E-state index in [1.165, 1.54) is 0 Å². The molecular formula is C20H28N8O. The molecule has 2 heterocycles. The normalized spacial score (nSPS) is 13.9. The van der Waals surface area contributed by atoms with Crippen molar-refractivity contribution in [2.75, 3.05) is 6.54 Å². The predicted octanol–water partition coefficient (Wildman–Crippen LogP) is 1.00. The molecule has 0 aliphatic rings. The van der Waals surface area contributed by atoms with Crippen LogP contribution in [0.15, 0.2) is 47.7 Å². The molecule has 2 aromatic heterocycles. The minimum atomic E-state index is -1.09. The first kappa shape index (κ1) is 20.5. The third-order valence-corrected chi connectivity index (χ3v) is 4.79. The molecule has 0 amide bonds. The third-order valence-electron chi connectivity index (χ3n) is 4.79. The number of guanidine groups is 1. The lowest BCUT2D eigenvalue weighted by atomic mass is 10.00. The zero-order chi connectivity index (χ0) is 20.9. The molecule has 29 heavy (non-hydrogen) atoms. The van der Waals surface area contributed by atoms with E-state index >= 15 is 0 Å². The van der Waals surface area contributed by atoms with Crippen molar-refractivity contribution < 1.29 is 5.11 Å². The number of benzene rings is 1. The highest BCUT2D eigenvalue weighted by atomic mass is 16.3. The van der Waals surface area contributed by atoms with Crippen molar-refractivity contribution >= 4 is 5.96 Å². The van der Waals surface area contributed by atoms with Crippen molar-refractivity contribution in [3.05, 3.63) is 65.5 Å². The van der Waals surface area contributed by atoms with Gasteiger partial charge < -0.3 is 20.3 Å². The molecule has 0 aliphatic carbocycles. The monoisotopic (exact) mass is 396 g/mol. The van der Waals surface area contributed by atoms with Gasteiger partial charge in [0.15, 0.2) is 11.8 Å². The fourth-order valence-corrected chi connectivity index (χ4v) is 2.75. The summed E-state index contributed by atoms with van der Waals surface area (Å²) in [5.74, 6) is 2.23. The van der Waals surface area contributed by atoms with Crippen LogP contribution in [0.3, 0.4) is 0 Å². The quantitative estimate of drug-likeness (QED) is 0.406. The van der Waals surface area contributed by atoms with Gasteiger partial charge in [-0.15, -0.1) is 10.2 Å². The molecule has 0 bridgehead atoms. The van der Waals surface area contributed by atoms with Gasteiger partial charge in [-0.25, -0.2) is 4.99 Å². The molecule has 1 unspecified atom stereocenters. The second kappa shape index (κ2) is 8.87. The molecule has 0 saturated heterocycles. The zero-order valence-electron chi connectivity index (χ0n) is 17.3. The molecule has 154 valence electrons. The first-order valence-corrected chi connectivity index (χ1v) is 9.47. The second-order valence-electron chi connectivity index (χ2n) is 7.26. The summed E-state index contributed by atoms with van der Waals surface area (Å²) in [6, 6.07) is 10.0. The van der Waals surface area contributed by atoms with Gasteiger partial charge in [-0.2, -0.15) is 5.10 Å². The van der Waals surface area contributed by atoms with E-state index in [1.54, 1.807) is 24.0 Å². The van der Waals surface area contributed by atoms with E-state index in [4.69, 9.17) is 0 Å². The summed E-state index contributed by atoms with van der Waals surface area (Å²) in [6.45, 7) is 4.91. The van der Waals surface area contributed by atoms with Crippen molar-refractivity contribution in [2.45, 2.75) is 32.5 Å². The van der Waals surface area contributed by atoms with Crippen LogP contribution >= 0.6 is 0 Å². The average molecular weight is 396 g/mol. The lowest BCUT2D eigenvalue weighted by Gasteiger charge is -2.24. The second-order valence-corrected chi connectivity index (χ2v) is 7.26. The molecule has 0 radical (unpaired) electrons. The summed E-state index contributed by atoms with van der Waals surface area (Å²) >= 11 is 0. The lowest BCUT2D eigenvalue weighted by Crippen LogP contribution is -2.44. The molecule has 1 atom stereocenters. The first-order chi connectivity index (χ1) is 13.8. The summed E-state index contributed by atoms with van der Waals surface area (Å²) in [7, 11) is 3.75. The highest BCUT2D eigenvalue weighted by molar-refractivity contribution is 5.79. The summed E-state index contributed by atoms with van der Waals surface area (Å²) in [5, 5.41) is 29.7. The first-order valence-electron chi connectivity index (χ1n) is 9.47. The van der Waals surface area contributed by atoms with Crippen molar-refractivity contribution in [1.82, 2.24) is 35.2 Å². The number of aliphatic hydroxyl groups is 1. The largest absolute Gasteiger partial charge is 0.383 e. The van der Waals surface area contributed by atoms with Crippen LogP contribution in [0.25, 0.3) is 0 Å². The van der Waals surface area contributed by atoms with Crippen LogP contribution in [0.1, 0.15) is 29.7 Å². The molecule has 0 aliphatic heterocycles. The number of rotatable bonds is 7. The van der Waals surface area contributed by atoms with E-state index in [9.17, 15) is 5.11 Å². The molecular weight excluding hydrogens is 368 g/mol. The number of nitrogens with zero attached hydrogens (tertiary/aromatic N) is 6. The SMILES string of the molecule is Cc1nnc(CNC(=NCc2ccccc2)NCC(C)(O)c2cnn(C)c2)n1C. The Labute approximate surface area is 170 Å². The van der Waals surface area contributed by atoms with Gasteiger partial charge in [0.05, 0.1) is 25.8 Å². The van der Waals surface area contributed by atoms with E-state index < -0.39 is 5.60 Å². The van der Waals surface area contributed by atoms with Crippen LogP contribution in [0.4, 0.5) is 0 Å². The summed E-state index contributed by atoms with van der Waals surface area (Å²) in [4.78, 5) is 4.65. The molecule has 0 spiro atoms. The molecule has 0 fully saturated rings. The van der Waals surface area contributed by atoms with Crippen molar-refractivity contribution in [3.8, 4) is 0 Å². The Kier molecular flexibility index (Phi) is 6.28. The fourth-order valence-electron chi connectivity index (χ4n) is 2.75. The van der Waals surface area contributed by atoms with E-state index in [1.807, 2.05) is 55.9 Å². The summed E-state index contributed by atoms with van der Waals surface area (Å²) in [6.07, 6.45) is 3.47. The lowest BCUT2D eigenvalue weighted by molar-refractivity contribution is 0.0616. The van der Waals surface area contributed by atoms with E-state index in [2.05, 4.69) is 30.9 Å². The van der Waals surface area contributed by atoms with Gasteiger partial charge in [-0.1, -0.05) is 30.3 Å². The maximum Gasteiger partial charge on any atom is 0.192 e. The van der Waals surface area contributed by atoms with Gasteiger partial charge in [0, 0.05) is 25.9 Å². The molecule has 3 aromatic rings. The van der Waals surface area contributed by atoms with Crippen LogP contribution in [0.5, 0.6) is 0 Å². The molecule has 3 N–H and O–H groups in total. The highest BCUT2D eigenvalue weighted by Crippen LogP contribution is 2.18. The molecule has 1 aromatic carbocycles. The van der Waals surface area contributed by atoms with E-state index in [0.29, 0.717) is 19.0 Å². The number of hydrogen-bond acceptors (Lipinski definition) is 5. The summed E-state index contributed by atoms with van der Waals surface area (Å²) in [5.41, 5.74) is 0.742. The number of aromatic nitrogens is 5. The Bertz CT molecular complexity index is 958. The van der Waals surface area contributed by atoms with Crippen LogP contribution in [0, 0.1) is 6.92 Å². The van der Waals surface area contributed by atoms with Crippen LogP contribution in [0.2, 0.25) is 0 Å². The average Bonchev–Trinajstić information content (AvgIpc) is 3.29. The Morgan fingerprint density at radius 1 is 1.17 bits per heavy atom. The van der Waals surface area contributed by atoms with E-state index in [0.717, 1.165) is 22.8 Å². The molecule has 3 rings (SSSR count). The number of hydrogen-bond donors (Lipinski definition) is 3. The maximum absolute atomic E-state index is 10.8. The Morgan fingerprint density at radius 2 is 1.93 bits per heavy atom. The number of aryl methyl sites for hydroxylation is 2. The Hall–Kier alpha value is -3.20. The molecule has 0 saturated carbocycles. The minimum Gasteiger partial charge on any atom is -0.383 e. The van der Waals surface area contributed by atoms with Crippen LogP contribution < -0.4 is 10.6 Å². The van der Waals surface area contributed by atoms with Crippen LogP contribution in [-0.4, -0.2) is 42.2 Å². The van der Waals surface area contributed by atoms with Gasteiger partial charge in [-0.3, -0.25) is 4.68 Å². The van der Waals surface area contributed by atoms with Gasteiger partial charge >= 0.3 is 0 Å². The van der Waals surface area contributed by atoms with Gasteiger partial charge in [0.2, 0.25) is 0 Å². The predicted molar refractivity (Wildman–Crippen MR) is 111 cm³/mol. The van der Waals surface area contributed by atoms with Crippen molar-refractivity contribution in [3.63, 3.8) is 0 Å². The Morgan fingerprint density at radius 3 is 2.55 bits per heavy atom. The topological polar surface area (TPSA) is 105 Å². The van der Waals surface area contributed by atoms with E-state index in [-0.39, 0.29) is 6.54 Å². The number of nitrogens with one attached hydrogen (secondary N) is 2. The molecule has 9 heteroatoms. The highest BCUT2D eigenvalue weighted by Gasteiger charge is 2.25. The molecule has 9 nitrogen and oxygen atoms in total. The summed E-state index contributed by atoms with van der Waals surface area (Å²) < 4.78 is 3.59.